The van der Waals surface area contributed by atoms with Gasteiger partial charge in [0.1, 0.15) is 12.2 Å². The number of likely N-dealkylation sites (tertiary alicyclic amines) is 1. The molecule has 7 nitrogen and oxygen atoms in total. The quantitative estimate of drug-likeness (QED) is 0.772. The molecule has 4 heterocycles. The molecule has 0 aliphatic carbocycles. The van der Waals surface area contributed by atoms with Crippen LogP contribution in [0.3, 0.4) is 0 Å². The Balaban J connectivity index is 1.21. The molecule has 0 saturated carbocycles. The fraction of sp³-hybridized carbons (Fsp3) is 0.476. The molecule has 2 aromatic rings. The summed E-state index contributed by atoms with van der Waals surface area (Å²) in [6.07, 6.45) is 4.69. The van der Waals surface area contributed by atoms with E-state index in [2.05, 4.69) is 10.3 Å². The second-order valence-electron chi connectivity index (χ2n) is 7.48. The maximum atomic E-state index is 12.5. The third-order valence-corrected chi connectivity index (χ3v) is 5.99. The van der Waals surface area contributed by atoms with Crippen LogP contribution < -0.4 is 5.32 Å². The van der Waals surface area contributed by atoms with E-state index in [9.17, 15) is 9.59 Å². The van der Waals surface area contributed by atoms with Gasteiger partial charge in [0.15, 0.2) is 0 Å². The van der Waals surface area contributed by atoms with Crippen LogP contribution in [-0.4, -0.2) is 66.3 Å². The SMILES string of the molecule is O=C(CCc1cccnc1)NC1CO[C@H]2CN(C(=O)Cc3ccsc3)C[C@@H]2OC1. The van der Waals surface area contributed by atoms with Crippen LogP contribution in [0.5, 0.6) is 0 Å². The van der Waals surface area contributed by atoms with Gasteiger partial charge in [-0.05, 0) is 40.4 Å². The van der Waals surface area contributed by atoms with Gasteiger partial charge in [0.25, 0.3) is 0 Å². The molecule has 2 saturated heterocycles. The summed E-state index contributed by atoms with van der Waals surface area (Å²) in [6.45, 7) is 1.86. The number of amides is 2. The van der Waals surface area contributed by atoms with E-state index >= 15 is 0 Å². The number of fused-ring (bicyclic) bond motifs is 1. The Morgan fingerprint density at radius 2 is 1.97 bits per heavy atom. The van der Waals surface area contributed by atoms with Gasteiger partial charge >= 0.3 is 0 Å². The summed E-state index contributed by atoms with van der Waals surface area (Å²) in [7, 11) is 0. The van der Waals surface area contributed by atoms with E-state index in [0.29, 0.717) is 45.6 Å². The second-order valence-corrected chi connectivity index (χ2v) is 8.26. The molecular formula is C21H25N3O4S. The number of carbonyl (C=O) groups excluding carboxylic acids is 2. The van der Waals surface area contributed by atoms with Gasteiger partial charge in [-0.2, -0.15) is 11.3 Å². The summed E-state index contributed by atoms with van der Waals surface area (Å²) in [5, 5.41) is 6.97. The largest absolute Gasteiger partial charge is 0.371 e. The van der Waals surface area contributed by atoms with E-state index < -0.39 is 0 Å². The van der Waals surface area contributed by atoms with Crippen molar-refractivity contribution in [3.63, 3.8) is 0 Å². The maximum Gasteiger partial charge on any atom is 0.227 e. The highest BCUT2D eigenvalue weighted by Gasteiger charge is 2.39. The lowest BCUT2D eigenvalue weighted by Crippen LogP contribution is -2.41. The normalized spacial score (nSPS) is 22.1. The molecule has 154 valence electrons. The van der Waals surface area contributed by atoms with Crippen molar-refractivity contribution in [2.45, 2.75) is 37.5 Å². The van der Waals surface area contributed by atoms with Crippen LogP contribution in [-0.2, 0) is 31.9 Å². The average molecular weight is 416 g/mol. The van der Waals surface area contributed by atoms with E-state index in [-0.39, 0.29) is 30.1 Å². The van der Waals surface area contributed by atoms with Crippen LogP contribution in [0.1, 0.15) is 17.5 Å². The van der Waals surface area contributed by atoms with Crippen LogP contribution >= 0.6 is 11.3 Å². The zero-order valence-electron chi connectivity index (χ0n) is 16.2. The Labute approximate surface area is 174 Å². The standard InChI is InChI=1S/C21H25N3O4S/c25-20(4-3-15-2-1-6-22-9-15)23-17-12-27-18-10-24(11-19(18)28-13-17)21(26)8-16-5-7-29-14-16/h1-2,5-7,9,14,17-19H,3-4,8,10-13H2,(H,23,25)/t18-,19-/m0/s1. The van der Waals surface area contributed by atoms with Crippen molar-refractivity contribution in [1.29, 1.82) is 0 Å². The highest BCUT2D eigenvalue weighted by molar-refractivity contribution is 7.08. The molecular weight excluding hydrogens is 390 g/mol. The van der Waals surface area contributed by atoms with Crippen LogP contribution in [0.15, 0.2) is 41.4 Å². The molecule has 1 N–H and O–H groups in total. The Morgan fingerprint density at radius 3 is 2.62 bits per heavy atom. The van der Waals surface area contributed by atoms with Crippen LogP contribution in [0, 0.1) is 0 Å². The molecule has 0 bridgehead atoms. The molecule has 2 fully saturated rings. The number of thiophene rings is 1. The lowest BCUT2D eigenvalue weighted by atomic mass is 10.1. The highest BCUT2D eigenvalue weighted by atomic mass is 32.1. The van der Waals surface area contributed by atoms with E-state index in [0.717, 1.165) is 11.1 Å². The van der Waals surface area contributed by atoms with Crippen molar-refractivity contribution in [3.05, 3.63) is 52.5 Å². The fourth-order valence-electron chi connectivity index (χ4n) is 3.66. The third kappa shape index (κ3) is 5.41. The smallest absolute Gasteiger partial charge is 0.227 e. The van der Waals surface area contributed by atoms with Gasteiger partial charge in [-0.25, -0.2) is 0 Å². The maximum absolute atomic E-state index is 12.5. The number of nitrogens with zero attached hydrogens (tertiary/aromatic N) is 2. The first kappa shape index (κ1) is 20.0. The number of hydrogen-bond donors (Lipinski definition) is 1. The number of carbonyl (C=O) groups is 2. The van der Waals surface area contributed by atoms with Gasteiger partial charge in [-0.15, -0.1) is 0 Å². The average Bonchev–Trinajstić information content (AvgIpc) is 3.35. The molecule has 29 heavy (non-hydrogen) atoms. The minimum absolute atomic E-state index is 0.0225. The molecule has 0 unspecified atom stereocenters. The number of pyridine rings is 1. The zero-order chi connectivity index (χ0) is 20.1. The first-order valence-electron chi connectivity index (χ1n) is 9.87. The van der Waals surface area contributed by atoms with Gasteiger partial charge in [-0.3, -0.25) is 14.6 Å². The predicted molar refractivity (Wildman–Crippen MR) is 109 cm³/mol. The molecule has 2 aliphatic rings. The molecule has 2 amide bonds. The number of rotatable bonds is 6. The Kier molecular flexibility index (Phi) is 6.53. The minimum Gasteiger partial charge on any atom is -0.371 e. The number of ether oxygens (including phenoxy) is 2. The summed E-state index contributed by atoms with van der Waals surface area (Å²) in [5.74, 6) is 0.0783. The van der Waals surface area contributed by atoms with Crippen molar-refractivity contribution in [3.8, 4) is 0 Å². The molecule has 0 aromatic carbocycles. The van der Waals surface area contributed by atoms with Crippen molar-refractivity contribution in [2.24, 2.45) is 0 Å². The number of nitrogens with one attached hydrogen (secondary N) is 1. The molecule has 4 rings (SSSR count). The summed E-state index contributed by atoms with van der Waals surface area (Å²) >= 11 is 1.60. The monoisotopic (exact) mass is 415 g/mol. The van der Waals surface area contributed by atoms with Gasteiger partial charge < -0.3 is 19.7 Å². The Bertz CT molecular complexity index is 799. The Morgan fingerprint density at radius 1 is 1.17 bits per heavy atom. The number of aryl methyl sites for hydroxylation is 1. The third-order valence-electron chi connectivity index (χ3n) is 5.26. The zero-order valence-corrected chi connectivity index (χ0v) is 17.0. The molecule has 8 heteroatoms. The summed E-state index contributed by atoms with van der Waals surface area (Å²) < 4.78 is 12.0. The predicted octanol–water partition coefficient (Wildman–Crippen LogP) is 1.43. The first-order valence-corrected chi connectivity index (χ1v) is 10.8. The van der Waals surface area contributed by atoms with E-state index in [1.807, 2.05) is 33.9 Å². The molecule has 0 radical (unpaired) electrons. The Hall–Kier alpha value is -2.29. The van der Waals surface area contributed by atoms with Crippen molar-refractivity contribution < 1.29 is 19.1 Å². The molecule has 2 aliphatic heterocycles. The van der Waals surface area contributed by atoms with E-state index in [4.69, 9.17) is 9.47 Å². The van der Waals surface area contributed by atoms with Crippen LogP contribution in [0.25, 0.3) is 0 Å². The van der Waals surface area contributed by atoms with E-state index in [1.54, 1.807) is 23.7 Å². The van der Waals surface area contributed by atoms with E-state index in [1.165, 1.54) is 0 Å². The van der Waals surface area contributed by atoms with Gasteiger partial charge in [0, 0.05) is 31.9 Å². The highest BCUT2D eigenvalue weighted by Crippen LogP contribution is 2.21. The first-order chi connectivity index (χ1) is 14.2. The van der Waals surface area contributed by atoms with Crippen LogP contribution in [0.4, 0.5) is 0 Å². The number of aromatic nitrogens is 1. The molecule has 2 atom stereocenters. The van der Waals surface area contributed by atoms with Gasteiger partial charge in [-0.1, -0.05) is 6.07 Å². The molecule has 0 spiro atoms. The fourth-order valence-corrected chi connectivity index (χ4v) is 4.33. The second kappa shape index (κ2) is 9.47. The minimum atomic E-state index is -0.169. The lowest BCUT2D eigenvalue weighted by molar-refractivity contribution is -0.130. The topological polar surface area (TPSA) is 80.8 Å². The van der Waals surface area contributed by atoms with Crippen molar-refractivity contribution in [2.75, 3.05) is 26.3 Å². The van der Waals surface area contributed by atoms with Crippen molar-refractivity contribution >= 4 is 23.2 Å². The molecule has 2 aromatic heterocycles. The van der Waals surface area contributed by atoms with Crippen molar-refractivity contribution in [1.82, 2.24) is 15.2 Å². The van der Waals surface area contributed by atoms with Crippen LogP contribution in [0.2, 0.25) is 0 Å². The summed E-state index contributed by atoms with van der Waals surface area (Å²) in [4.78, 5) is 30.6. The summed E-state index contributed by atoms with van der Waals surface area (Å²) in [6, 6.07) is 5.64. The number of hydrogen-bond acceptors (Lipinski definition) is 6. The summed E-state index contributed by atoms with van der Waals surface area (Å²) in [5.41, 5.74) is 2.08. The van der Waals surface area contributed by atoms with Gasteiger partial charge in [0.05, 0.1) is 25.7 Å². The van der Waals surface area contributed by atoms with Gasteiger partial charge in [0.2, 0.25) is 11.8 Å². The lowest BCUT2D eigenvalue weighted by Gasteiger charge is -2.19.